The van der Waals surface area contributed by atoms with Crippen molar-refractivity contribution in [1.82, 2.24) is 0 Å². The molecule has 0 aromatic heterocycles. The summed E-state index contributed by atoms with van der Waals surface area (Å²) in [5.41, 5.74) is 0.510. The van der Waals surface area contributed by atoms with Crippen molar-refractivity contribution >= 4 is 34.7 Å². The summed E-state index contributed by atoms with van der Waals surface area (Å²) >= 11 is 6.21. The summed E-state index contributed by atoms with van der Waals surface area (Å²) in [6.07, 6.45) is 0. The van der Waals surface area contributed by atoms with E-state index in [9.17, 15) is 9.59 Å². The van der Waals surface area contributed by atoms with Gasteiger partial charge in [-0.05, 0) is 31.2 Å². The molecule has 0 saturated heterocycles. The zero-order valence-electron chi connectivity index (χ0n) is 17.2. The van der Waals surface area contributed by atoms with Crippen molar-refractivity contribution in [2.45, 2.75) is 13.0 Å². The maximum absolute atomic E-state index is 12.7. The summed E-state index contributed by atoms with van der Waals surface area (Å²) < 4.78 is 20.9. The number of ether oxygens (including phenoxy) is 4. The Labute approximate surface area is 178 Å². The molecule has 0 aliphatic heterocycles. The number of hydrogen-bond acceptors (Lipinski definition) is 8. The Bertz CT molecular complexity index is 942. The second-order valence-electron chi connectivity index (χ2n) is 5.89. The van der Waals surface area contributed by atoms with Crippen LogP contribution in [0.3, 0.4) is 0 Å². The van der Waals surface area contributed by atoms with Gasteiger partial charge in [-0.2, -0.15) is 5.11 Å². The number of carbonyl (C=O) groups excluding carboxylic acids is 2. The van der Waals surface area contributed by atoms with Gasteiger partial charge < -0.3 is 24.3 Å². The molecule has 2 aromatic rings. The molecule has 0 fully saturated rings. The summed E-state index contributed by atoms with van der Waals surface area (Å²) in [6.45, 7) is 1.24. The molecule has 10 heteroatoms. The molecular formula is C20H22ClN3O6. The van der Waals surface area contributed by atoms with Gasteiger partial charge in [-0.15, -0.1) is 5.11 Å². The second kappa shape index (κ2) is 10.4. The third-order valence-corrected chi connectivity index (χ3v) is 4.41. The zero-order valence-corrected chi connectivity index (χ0v) is 17.9. The van der Waals surface area contributed by atoms with Crippen molar-refractivity contribution in [1.29, 1.82) is 0 Å². The molecule has 9 nitrogen and oxygen atoms in total. The van der Waals surface area contributed by atoms with E-state index in [2.05, 4.69) is 15.5 Å². The number of anilines is 1. The predicted octanol–water partition coefficient (Wildman–Crippen LogP) is 4.05. The van der Waals surface area contributed by atoms with Gasteiger partial charge in [-0.3, -0.25) is 9.59 Å². The molecule has 0 heterocycles. The lowest BCUT2D eigenvalue weighted by atomic mass is 10.2. The van der Waals surface area contributed by atoms with Gasteiger partial charge in [0, 0.05) is 0 Å². The van der Waals surface area contributed by atoms with Gasteiger partial charge in [-0.25, -0.2) is 0 Å². The standard InChI is InChI=1S/C20H22ClN3O6/c1-11(25)17(23-24-18-14(28-3)7-6-8-15(18)29-4)20(26)22-12-9-10-13(27-2)16(21)19(12)30-5/h6-10,17H,1-5H3,(H,22,26). The maximum Gasteiger partial charge on any atom is 0.258 e. The van der Waals surface area contributed by atoms with E-state index in [1.54, 1.807) is 30.3 Å². The average molecular weight is 436 g/mol. The zero-order chi connectivity index (χ0) is 22.3. The number of azo groups is 1. The topological polar surface area (TPSA) is 108 Å². The molecule has 30 heavy (non-hydrogen) atoms. The van der Waals surface area contributed by atoms with Gasteiger partial charge in [0.1, 0.15) is 22.3 Å². The molecule has 0 aliphatic carbocycles. The van der Waals surface area contributed by atoms with Crippen LogP contribution in [0.5, 0.6) is 23.0 Å². The normalized spacial score (nSPS) is 11.7. The number of halogens is 1. The summed E-state index contributed by atoms with van der Waals surface area (Å²) in [7, 11) is 5.77. The Hall–Kier alpha value is -3.33. The van der Waals surface area contributed by atoms with Crippen LogP contribution in [0.25, 0.3) is 0 Å². The molecule has 0 spiro atoms. The SMILES string of the molecule is COc1ccc(NC(=O)C(N=Nc2c(OC)cccc2OC)C(C)=O)c(OC)c1Cl. The van der Waals surface area contributed by atoms with Crippen LogP contribution in [0.4, 0.5) is 11.4 Å². The molecule has 0 radical (unpaired) electrons. The van der Waals surface area contributed by atoms with Crippen molar-refractivity contribution in [3.63, 3.8) is 0 Å². The Morgan fingerprint density at radius 1 is 0.933 bits per heavy atom. The van der Waals surface area contributed by atoms with Crippen LogP contribution in [0.1, 0.15) is 6.92 Å². The van der Waals surface area contributed by atoms with E-state index in [0.29, 0.717) is 17.2 Å². The van der Waals surface area contributed by atoms with Crippen molar-refractivity contribution in [2.24, 2.45) is 10.2 Å². The van der Waals surface area contributed by atoms with Gasteiger partial charge in [0.05, 0.1) is 34.1 Å². The first kappa shape index (κ1) is 23.0. The van der Waals surface area contributed by atoms with Crippen molar-refractivity contribution in [3.05, 3.63) is 35.4 Å². The van der Waals surface area contributed by atoms with Crippen LogP contribution >= 0.6 is 11.6 Å². The minimum absolute atomic E-state index is 0.178. The lowest BCUT2D eigenvalue weighted by molar-refractivity contribution is -0.126. The van der Waals surface area contributed by atoms with E-state index in [1.807, 2.05) is 0 Å². The summed E-state index contributed by atoms with van der Waals surface area (Å²) in [4.78, 5) is 24.8. The van der Waals surface area contributed by atoms with Gasteiger partial charge in [-0.1, -0.05) is 17.7 Å². The Balaban J connectivity index is 2.35. The third-order valence-electron chi connectivity index (χ3n) is 4.05. The fraction of sp³-hybridized carbons (Fsp3) is 0.300. The summed E-state index contributed by atoms with van der Waals surface area (Å²) in [5, 5.41) is 10.7. The number of hydrogen-bond donors (Lipinski definition) is 1. The number of amides is 1. The average Bonchev–Trinajstić information content (AvgIpc) is 2.73. The minimum atomic E-state index is -1.41. The van der Waals surface area contributed by atoms with E-state index in [0.717, 1.165) is 0 Å². The smallest absolute Gasteiger partial charge is 0.258 e. The Morgan fingerprint density at radius 3 is 2.03 bits per heavy atom. The van der Waals surface area contributed by atoms with E-state index >= 15 is 0 Å². The molecule has 1 amide bonds. The fourth-order valence-electron chi connectivity index (χ4n) is 2.56. The number of ketones is 1. The monoisotopic (exact) mass is 435 g/mol. The third kappa shape index (κ3) is 4.98. The number of nitrogens with one attached hydrogen (secondary N) is 1. The number of rotatable bonds is 9. The van der Waals surface area contributed by atoms with Crippen LogP contribution in [0.2, 0.25) is 5.02 Å². The van der Waals surface area contributed by atoms with Crippen LogP contribution in [0, 0.1) is 0 Å². The molecular weight excluding hydrogens is 414 g/mol. The fourth-order valence-corrected chi connectivity index (χ4v) is 2.88. The Kier molecular flexibility index (Phi) is 7.99. The van der Waals surface area contributed by atoms with E-state index in [-0.39, 0.29) is 22.1 Å². The maximum atomic E-state index is 12.7. The molecule has 0 aliphatic rings. The van der Waals surface area contributed by atoms with Gasteiger partial charge in [0.2, 0.25) is 6.04 Å². The number of benzene rings is 2. The Morgan fingerprint density at radius 2 is 1.53 bits per heavy atom. The summed E-state index contributed by atoms with van der Waals surface area (Å²) in [6, 6.07) is 6.72. The van der Waals surface area contributed by atoms with Gasteiger partial charge >= 0.3 is 0 Å². The molecule has 2 aromatic carbocycles. The highest BCUT2D eigenvalue weighted by atomic mass is 35.5. The van der Waals surface area contributed by atoms with Crippen LogP contribution in [0.15, 0.2) is 40.6 Å². The number of methoxy groups -OCH3 is 4. The van der Waals surface area contributed by atoms with Crippen LogP contribution < -0.4 is 24.3 Å². The number of carbonyl (C=O) groups is 2. The first-order valence-corrected chi connectivity index (χ1v) is 9.09. The van der Waals surface area contributed by atoms with Crippen molar-refractivity contribution in [3.8, 4) is 23.0 Å². The quantitative estimate of drug-likeness (QED) is 0.470. The highest BCUT2D eigenvalue weighted by Gasteiger charge is 2.25. The van der Waals surface area contributed by atoms with E-state index in [4.69, 9.17) is 30.5 Å². The first-order chi connectivity index (χ1) is 14.4. The molecule has 1 N–H and O–H groups in total. The molecule has 1 unspecified atom stereocenters. The molecule has 1 atom stereocenters. The first-order valence-electron chi connectivity index (χ1n) is 8.71. The lowest BCUT2D eigenvalue weighted by Crippen LogP contribution is -2.32. The number of Topliss-reactive ketones (excluding diaryl/α,β-unsaturated/α-hetero) is 1. The number of nitrogens with zero attached hydrogens (tertiary/aromatic N) is 2. The van der Waals surface area contributed by atoms with Crippen molar-refractivity contribution < 1.29 is 28.5 Å². The predicted molar refractivity (Wildman–Crippen MR) is 112 cm³/mol. The summed E-state index contributed by atoms with van der Waals surface area (Å²) in [5.74, 6) is 0.102. The van der Waals surface area contributed by atoms with E-state index in [1.165, 1.54) is 35.4 Å². The molecule has 160 valence electrons. The highest BCUT2D eigenvalue weighted by molar-refractivity contribution is 6.34. The lowest BCUT2D eigenvalue weighted by Gasteiger charge is -2.15. The molecule has 2 rings (SSSR count). The van der Waals surface area contributed by atoms with E-state index < -0.39 is 17.7 Å². The second-order valence-corrected chi connectivity index (χ2v) is 6.27. The van der Waals surface area contributed by atoms with Crippen molar-refractivity contribution in [2.75, 3.05) is 33.8 Å². The highest BCUT2D eigenvalue weighted by Crippen LogP contribution is 2.40. The van der Waals surface area contributed by atoms with Gasteiger partial charge in [0.25, 0.3) is 5.91 Å². The molecule has 0 bridgehead atoms. The van der Waals surface area contributed by atoms with Gasteiger partial charge in [0.15, 0.2) is 17.2 Å². The largest absolute Gasteiger partial charge is 0.495 e. The van der Waals surface area contributed by atoms with Crippen LogP contribution in [-0.2, 0) is 9.59 Å². The minimum Gasteiger partial charge on any atom is -0.495 e. The molecule has 0 saturated carbocycles. The van der Waals surface area contributed by atoms with Crippen LogP contribution in [-0.4, -0.2) is 46.2 Å².